The fraction of sp³-hybridized carbons (Fsp3) is 0.290. The molecule has 1 aliphatic rings. The number of carbonyl (C=O) groups is 4. The number of aryl methyl sites for hydroxylation is 1. The number of urea groups is 2. The van der Waals surface area contributed by atoms with Crippen molar-refractivity contribution >= 4 is 40.9 Å². The summed E-state index contributed by atoms with van der Waals surface area (Å²) in [5.74, 6) is -0.770. The molecule has 3 aromatic rings. The minimum atomic E-state index is -0.938. The van der Waals surface area contributed by atoms with Crippen molar-refractivity contribution in [2.24, 2.45) is 5.92 Å². The maximum absolute atomic E-state index is 13.5. The van der Waals surface area contributed by atoms with E-state index < -0.39 is 24.1 Å². The predicted octanol–water partition coefficient (Wildman–Crippen LogP) is 4.19. The number of benzene rings is 3. The summed E-state index contributed by atoms with van der Waals surface area (Å²) >= 11 is 0. The molecule has 11 heteroatoms. The topological polar surface area (TPSA) is 158 Å². The van der Waals surface area contributed by atoms with E-state index in [0.29, 0.717) is 40.5 Å². The summed E-state index contributed by atoms with van der Waals surface area (Å²) in [4.78, 5) is 49.8. The minimum absolute atomic E-state index is 0.0530. The molecule has 2 unspecified atom stereocenters. The van der Waals surface area contributed by atoms with Crippen LogP contribution in [0.2, 0.25) is 0 Å². The number of carboxylic acids is 1. The van der Waals surface area contributed by atoms with E-state index in [1.807, 2.05) is 31.2 Å². The van der Waals surface area contributed by atoms with Crippen molar-refractivity contribution in [2.45, 2.75) is 32.2 Å². The lowest BCUT2D eigenvalue weighted by Gasteiger charge is -2.23. The Kier molecular flexibility index (Phi) is 10.1. The molecular weight excluding hydrogens is 538 g/mol. The van der Waals surface area contributed by atoms with Gasteiger partial charge in [-0.25, -0.2) is 9.59 Å². The first kappa shape index (κ1) is 30.1. The first-order valence-electron chi connectivity index (χ1n) is 13.6. The summed E-state index contributed by atoms with van der Waals surface area (Å²) in [7, 11) is 1.48. The number of amides is 4. The highest BCUT2D eigenvalue weighted by molar-refractivity contribution is 6.01. The Labute approximate surface area is 244 Å². The van der Waals surface area contributed by atoms with Gasteiger partial charge in [-0.15, -0.1) is 0 Å². The highest BCUT2D eigenvalue weighted by atomic mass is 16.5. The zero-order valence-electron chi connectivity index (χ0n) is 23.5. The molecule has 0 aromatic heterocycles. The van der Waals surface area contributed by atoms with Crippen molar-refractivity contribution in [3.63, 3.8) is 0 Å². The van der Waals surface area contributed by atoms with Crippen molar-refractivity contribution in [1.29, 1.82) is 0 Å². The van der Waals surface area contributed by atoms with Crippen LogP contribution in [0.1, 0.15) is 23.1 Å². The van der Waals surface area contributed by atoms with Gasteiger partial charge in [0.2, 0.25) is 0 Å². The number of aliphatic carboxylic acids is 1. The van der Waals surface area contributed by atoms with Crippen LogP contribution < -0.4 is 31.3 Å². The third-order valence-corrected chi connectivity index (χ3v) is 7.06. The van der Waals surface area contributed by atoms with Gasteiger partial charge in [0.1, 0.15) is 5.75 Å². The van der Waals surface area contributed by atoms with Crippen LogP contribution in [0.3, 0.4) is 0 Å². The maximum atomic E-state index is 13.5. The molecule has 3 aromatic carbocycles. The van der Waals surface area contributed by atoms with E-state index in [2.05, 4.69) is 26.6 Å². The van der Waals surface area contributed by atoms with Crippen LogP contribution in [-0.4, -0.2) is 55.2 Å². The molecular formula is C31H35N5O6. The fourth-order valence-electron chi connectivity index (χ4n) is 4.86. The van der Waals surface area contributed by atoms with E-state index in [1.54, 1.807) is 42.5 Å². The Bertz CT molecular complexity index is 1440. The summed E-state index contributed by atoms with van der Waals surface area (Å²) < 4.78 is 5.49. The zero-order chi connectivity index (χ0) is 30.1. The summed E-state index contributed by atoms with van der Waals surface area (Å²) in [5.41, 5.74) is 3.84. The first-order chi connectivity index (χ1) is 20.2. The van der Waals surface area contributed by atoms with Gasteiger partial charge in [-0.3, -0.25) is 9.59 Å². The lowest BCUT2D eigenvalue weighted by atomic mass is 9.92. The number of carbonyl (C=O) groups excluding carboxylic acids is 3. The maximum Gasteiger partial charge on any atom is 0.323 e. The smallest absolute Gasteiger partial charge is 0.323 e. The molecule has 11 nitrogen and oxygen atoms in total. The molecule has 0 radical (unpaired) electrons. The van der Waals surface area contributed by atoms with Crippen molar-refractivity contribution in [3.05, 3.63) is 83.4 Å². The highest BCUT2D eigenvalue weighted by Crippen LogP contribution is 2.27. The number of nitrogens with one attached hydrogen (secondary N) is 5. The van der Waals surface area contributed by atoms with E-state index in [1.165, 1.54) is 7.11 Å². The number of hydrogen-bond acceptors (Lipinski definition) is 6. The van der Waals surface area contributed by atoms with E-state index in [0.717, 1.165) is 18.5 Å². The second-order valence-corrected chi connectivity index (χ2v) is 10.2. The third-order valence-electron chi connectivity index (χ3n) is 7.06. The number of rotatable bonds is 11. The standard InChI is InChI=1S/C31H35N5O6/c1-19-5-3-4-6-24(19)34-31(41)35-25-12-9-21(16-27(25)42-2)15-26(37)29(22-13-14-32-18-22)36-30(40)33-23-10-7-20(8-11-23)17-28(38)39/h3-12,16,22,29,32H,13-15,17-18H2,1-2H3,(H,38,39)(H2,33,36,40)(H2,34,35,41). The van der Waals surface area contributed by atoms with Crippen molar-refractivity contribution in [2.75, 3.05) is 36.1 Å². The summed E-state index contributed by atoms with van der Waals surface area (Å²) in [6, 6.07) is 17.4. The molecule has 2 atom stereocenters. The largest absolute Gasteiger partial charge is 0.495 e. The van der Waals surface area contributed by atoms with Crippen LogP contribution in [0.15, 0.2) is 66.7 Å². The van der Waals surface area contributed by atoms with Gasteiger partial charge in [-0.05, 0) is 72.8 Å². The Morgan fingerprint density at radius 1 is 0.905 bits per heavy atom. The highest BCUT2D eigenvalue weighted by Gasteiger charge is 2.32. The predicted molar refractivity (Wildman–Crippen MR) is 160 cm³/mol. The number of carboxylic acid groups (broad SMARTS) is 1. The summed E-state index contributed by atoms with van der Waals surface area (Å²) in [6.45, 7) is 3.25. The van der Waals surface area contributed by atoms with Crippen LogP contribution in [-0.2, 0) is 22.4 Å². The Hall–Kier alpha value is -4.90. The lowest BCUT2D eigenvalue weighted by molar-refractivity contribution is -0.136. The molecule has 1 heterocycles. The van der Waals surface area contributed by atoms with Crippen molar-refractivity contribution < 1.29 is 29.0 Å². The molecule has 0 saturated carbocycles. The number of Topliss-reactive ketones (excluding diaryl/α,β-unsaturated/α-hetero) is 1. The second-order valence-electron chi connectivity index (χ2n) is 10.2. The monoisotopic (exact) mass is 573 g/mol. The third kappa shape index (κ3) is 8.31. The molecule has 0 aliphatic carbocycles. The lowest BCUT2D eigenvalue weighted by Crippen LogP contribution is -2.48. The number of para-hydroxylation sites is 1. The fourth-order valence-corrected chi connectivity index (χ4v) is 4.86. The Morgan fingerprint density at radius 2 is 1.62 bits per heavy atom. The van der Waals surface area contributed by atoms with Gasteiger partial charge in [-0.1, -0.05) is 36.4 Å². The Balaban J connectivity index is 1.40. The van der Waals surface area contributed by atoms with Gasteiger partial charge in [0.05, 0.1) is 25.3 Å². The molecule has 6 N–H and O–H groups in total. The number of ether oxygens (including phenoxy) is 1. The molecule has 220 valence electrons. The van der Waals surface area contributed by atoms with Crippen LogP contribution in [0.25, 0.3) is 0 Å². The first-order valence-corrected chi connectivity index (χ1v) is 13.6. The summed E-state index contributed by atoms with van der Waals surface area (Å²) in [5, 5.41) is 23.3. The van der Waals surface area contributed by atoms with Gasteiger partial charge in [0.25, 0.3) is 0 Å². The van der Waals surface area contributed by atoms with Gasteiger partial charge >= 0.3 is 18.0 Å². The average Bonchev–Trinajstić information content (AvgIpc) is 3.49. The number of hydrogen-bond donors (Lipinski definition) is 6. The molecule has 4 rings (SSSR count). The van der Waals surface area contributed by atoms with Crippen molar-refractivity contribution in [3.8, 4) is 5.75 Å². The van der Waals surface area contributed by atoms with Crippen LogP contribution in [0.4, 0.5) is 26.7 Å². The SMILES string of the molecule is COc1cc(CC(=O)C(NC(=O)Nc2ccc(CC(=O)O)cc2)C2CCNC2)ccc1NC(=O)Nc1ccccc1C. The van der Waals surface area contributed by atoms with Gasteiger partial charge in [-0.2, -0.15) is 0 Å². The van der Waals surface area contributed by atoms with Gasteiger partial charge in [0.15, 0.2) is 5.78 Å². The van der Waals surface area contributed by atoms with Crippen LogP contribution in [0.5, 0.6) is 5.75 Å². The molecule has 1 fully saturated rings. The molecule has 4 amide bonds. The number of anilines is 3. The summed E-state index contributed by atoms with van der Waals surface area (Å²) in [6.07, 6.45) is 0.681. The molecule has 0 bridgehead atoms. The molecule has 0 spiro atoms. The van der Waals surface area contributed by atoms with Gasteiger partial charge < -0.3 is 36.4 Å². The zero-order valence-corrected chi connectivity index (χ0v) is 23.5. The Morgan fingerprint density at radius 3 is 2.29 bits per heavy atom. The van der Waals surface area contributed by atoms with E-state index >= 15 is 0 Å². The number of methoxy groups -OCH3 is 1. The van der Waals surface area contributed by atoms with Gasteiger partial charge in [0, 0.05) is 24.3 Å². The number of ketones is 1. The van der Waals surface area contributed by atoms with E-state index in [4.69, 9.17) is 9.84 Å². The minimum Gasteiger partial charge on any atom is -0.495 e. The molecule has 1 aliphatic heterocycles. The van der Waals surface area contributed by atoms with E-state index in [-0.39, 0.29) is 24.5 Å². The second kappa shape index (κ2) is 14.1. The normalized spacial score (nSPS) is 14.9. The van der Waals surface area contributed by atoms with Crippen LogP contribution in [0, 0.1) is 12.8 Å². The molecule has 42 heavy (non-hydrogen) atoms. The van der Waals surface area contributed by atoms with E-state index in [9.17, 15) is 19.2 Å². The molecule has 1 saturated heterocycles. The van der Waals surface area contributed by atoms with Crippen molar-refractivity contribution in [1.82, 2.24) is 10.6 Å². The quantitative estimate of drug-likeness (QED) is 0.201. The van der Waals surface area contributed by atoms with Crippen LogP contribution >= 0.6 is 0 Å². The average molecular weight is 574 g/mol.